The van der Waals surface area contributed by atoms with Crippen molar-refractivity contribution < 1.29 is 9.90 Å². The number of hydrogen-bond donors (Lipinski definition) is 2. The van der Waals surface area contributed by atoms with Crippen molar-refractivity contribution in [3.63, 3.8) is 0 Å². The molecule has 2 aromatic heterocycles. The van der Waals surface area contributed by atoms with E-state index in [0.29, 0.717) is 16.1 Å². The number of benzene rings is 1. The zero-order chi connectivity index (χ0) is 12.2. The van der Waals surface area contributed by atoms with Crippen LogP contribution in [0.1, 0.15) is 10.5 Å². The van der Waals surface area contributed by atoms with E-state index in [2.05, 4.69) is 10.2 Å². The fourth-order valence-corrected chi connectivity index (χ4v) is 2.27. The second kappa shape index (κ2) is 3.24. The highest BCUT2D eigenvalue weighted by Gasteiger charge is 2.19. The molecule has 1 aromatic carbocycles. The second-order valence-corrected chi connectivity index (χ2v) is 4.26. The van der Waals surface area contributed by atoms with Crippen molar-refractivity contribution in [1.82, 2.24) is 14.8 Å². The van der Waals surface area contributed by atoms with Gasteiger partial charge in [-0.2, -0.15) is 5.10 Å². The zero-order valence-corrected chi connectivity index (χ0v) is 9.62. The Bertz CT molecular complexity index is 757. The number of aromatic carboxylic acids is 1. The predicted octanol–water partition coefficient (Wildman–Crippen LogP) is 2.41. The van der Waals surface area contributed by atoms with E-state index in [0.717, 1.165) is 10.9 Å². The molecule has 2 N–H and O–H groups in total. The van der Waals surface area contributed by atoms with Gasteiger partial charge in [0.05, 0.1) is 10.9 Å². The molecule has 0 bridgehead atoms. The highest BCUT2D eigenvalue weighted by molar-refractivity contribution is 6.32. The van der Waals surface area contributed by atoms with Crippen LogP contribution in [-0.2, 0) is 7.05 Å². The minimum atomic E-state index is -1.03. The number of rotatable bonds is 1. The van der Waals surface area contributed by atoms with E-state index < -0.39 is 5.97 Å². The Morgan fingerprint density at radius 1 is 1.53 bits per heavy atom. The van der Waals surface area contributed by atoms with Crippen LogP contribution in [0.15, 0.2) is 18.2 Å². The van der Waals surface area contributed by atoms with E-state index in [1.54, 1.807) is 12.1 Å². The number of hydrogen-bond acceptors (Lipinski definition) is 2. The summed E-state index contributed by atoms with van der Waals surface area (Å²) in [5.41, 5.74) is 1.61. The van der Waals surface area contributed by atoms with Gasteiger partial charge in [0.25, 0.3) is 0 Å². The lowest BCUT2D eigenvalue weighted by molar-refractivity contribution is 0.0692. The van der Waals surface area contributed by atoms with Crippen LogP contribution >= 0.6 is 11.6 Å². The Kier molecular flexibility index (Phi) is 1.94. The van der Waals surface area contributed by atoms with E-state index >= 15 is 0 Å². The standard InChI is InChI=1S/C11H8ClN3O2/c1-15-7-3-2-5(12)4-6(7)8-9(11(16)17)13-14-10(8)15/h2-4H,1H3,(H,13,14)(H,16,17). The van der Waals surface area contributed by atoms with Crippen LogP contribution in [0.4, 0.5) is 0 Å². The van der Waals surface area contributed by atoms with Gasteiger partial charge in [-0.05, 0) is 18.2 Å². The maximum absolute atomic E-state index is 11.1. The van der Waals surface area contributed by atoms with E-state index in [1.807, 2.05) is 17.7 Å². The van der Waals surface area contributed by atoms with Gasteiger partial charge in [-0.1, -0.05) is 11.6 Å². The van der Waals surface area contributed by atoms with E-state index in [4.69, 9.17) is 16.7 Å². The fourth-order valence-electron chi connectivity index (χ4n) is 2.10. The van der Waals surface area contributed by atoms with Gasteiger partial charge in [0, 0.05) is 17.5 Å². The van der Waals surface area contributed by atoms with Crippen LogP contribution in [0.25, 0.3) is 21.9 Å². The minimum Gasteiger partial charge on any atom is -0.477 e. The molecular formula is C11H8ClN3O2. The Hall–Kier alpha value is -2.01. The average Bonchev–Trinajstić information content (AvgIpc) is 2.80. The third-order valence-electron chi connectivity index (χ3n) is 2.87. The number of aromatic nitrogens is 3. The first-order chi connectivity index (χ1) is 8.09. The van der Waals surface area contributed by atoms with Crippen LogP contribution < -0.4 is 0 Å². The smallest absolute Gasteiger partial charge is 0.354 e. The summed E-state index contributed by atoms with van der Waals surface area (Å²) < 4.78 is 1.84. The topological polar surface area (TPSA) is 70.9 Å². The van der Waals surface area contributed by atoms with Gasteiger partial charge < -0.3 is 9.67 Å². The minimum absolute atomic E-state index is 0.0906. The number of fused-ring (bicyclic) bond motifs is 3. The van der Waals surface area contributed by atoms with Gasteiger partial charge in [-0.15, -0.1) is 0 Å². The first-order valence-corrected chi connectivity index (χ1v) is 5.32. The second-order valence-electron chi connectivity index (χ2n) is 3.82. The van der Waals surface area contributed by atoms with E-state index in [9.17, 15) is 4.79 Å². The molecule has 0 spiro atoms. The van der Waals surface area contributed by atoms with Crippen LogP contribution in [0, 0.1) is 0 Å². The number of aromatic amines is 1. The normalized spacial score (nSPS) is 11.4. The molecule has 0 unspecified atom stereocenters. The molecule has 0 aliphatic carbocycles. The summed E-state index contributed by atoms with van der Waals surface area (Å²) in [4.78, 5) is 11.1. The van der Waals surface area contributed by atoms with Crippen molar-refractivity contribution in [2.24, 2.45) is 7.05 Å². The lowest BCUT2D eigenvalue weighted by Gasteiger charge is -1.96. The molecule has 3 aromatic rings. The maximum Gasteiger partial charge on any atom is 0.354 e. The Morgan fingerprint density at radius 2 is 2.29 bits per heavy atom. The summed E-state index contributed by atoms with van der Waals surface area (Å²) in [7, 11) is 1.84. The molecule has 0 radical (unpaired) electrons. The van der Waals surface area contributed by atoms with Crippen LogP contribution in [0.2, 0.25) is 5.02 Å². The summed E-state index contributed by atoms with van der Waals surface area (Å²) in [6.45, 7) is 0. The number of carboxylic acids is 1. The van der Waals surface area contributed by atoms with E-state index in [-0.39, 0.29) is 5.69 Å². The summed E-state index contributed by atoms with van der Waals surface area (Å²) in [5, 5.41) is 17.6. The SMILES string of the molecule is Cn1c2ccc(Cl)cc2c2c(C(=O)O)[nH]nc21. The molecule has 6 heteroatoms. The molecule has 0 fully saturated rings. The van der Waals surface area contributed by atoms with Crippen molar-refractivity contribution in [2.75, 3.05) is 0 Å². The average molecular weight is 250 g/mol. The summed E-state index contributed by atoms with van der Waals surface area (Å²) >= 11 is 5.94. The number of H-pyrrole nitrogens is 1. The van der Waals surface area contributed by atoms with Gasteiger partial charge in [0.15, 0.2) is 11.3 Å². The van der Waals surface area contributed by atoms with Crippen molar-refractivity contribution in [1.29, 1.82) is 0 Å². The number of halogens is 1. The summed E-state index contributed by atoms with van der Waals surface area (Å²) in [5.74, 6) is -1.03. The number of nitrogens with one attached hydrogen (secondary N) is 1. The van der Waals surface area contributed by atoms with Gasteiger partial charge in [-0.25, -0.2) is 4.79 Å². The van der Waals surface area contributed by atoms with Crippen molar-refractivity contribution in [3.05, 3.63) is 28.9 Å². The lowest BCUT2D eigenvalue weighted by atomic mass is 10.2. The van der Waals surface area contributed by atoms with E-state index in [1.165, 1.54) is 0 Å². The largest absolute Gasteiger partial charge is 0.477 e. The Morgan fingerprint density at radius 3 is 3.00 bits per heavy atom. The number of carbonyl (C=O) groups is 1. The predicted molar refractivity (Wildman–Crippen MR) is 64.5 cm³/mol. The maximum atomic E-state index is 11.1. The molecule has 0 aliphatic heterocycles. The third kappa shape index (κ3) is 1.26. The highest BCUT2D eigenvalue weighted by atomic mass is 35.5. The fraction of sp³-hybridized carbons (Fsp3) is 0.0909. The molecule has 17 heavy (non-hydrogen) atoms. The Labute approximate surface area is 101 Å². The Balaban J connectivity index is 2.58. The molecule has 0 saturated heterocycles. The van der Waals surface area contributed by atoms with Gasteiger partial charge in [-0.3, -0.25) is 5.10 Å². The zero-order valence-electron chi connectivity index (χ0n) is 8.86. The number of aryl methyl sites for hydroxylation is 1. The molecule has 2 heterocycles. The van der Waals surface area contributed by atoms with Crippen LogP contribution in [0.3, 0.4) is 0 Å². The first kappa shape index (κ1) is 10.2. The molecule has 0 atom stereocenters. The van der Waals surface area contributed by atoms with Crippen LogP contribution in [0.5, 0.6) is 0 Å². The van der Waals surface area contributed by atoms with Gasteiger partial charge in [0.1, 0.15) is 0 Å². The van der Waals surface area contributed by atoms with Crippen LogP contribution in [-0.4, -0.2) is 25.8 Å². The van der Waals surface area contributed by atoms with Crippen molar-refractivity contribution in [3.8, 4) is 0 Å². The van der Waals surface area contributed by atoms with Gasteiger partial charge in [0.2, 0.25) is 0 Å². The van der Waals surface area contributed by atoms with Crippen molar-refractivity contribution >= 4 is 39.5 Å². The lowest BCUT2D eigenvalue weighted by Crippen LogP contribution is -1.96. The molecule has 0 saturated carbocycles. The summed E-state index contributed by atoms with van der Waals surface area (Å²) in [6.07, 6.45) is 0. The molecule has 0 amide bonds. The number of carboxylic acid groups (broad SMARTS) is 1. The molecular weight excluding hydrogens is 242 g/mol. The van der Waals surface area contributed by atoms with Gasteiger partial charge >= 0.3 is 5.97 Å². The molecule has 86 valence electrons. The molecule has 3 rings (SSSR count). The number of nitrogens with zero attached hydrogens (tertiary/aromatic N) is 2. The van der Waals surface area contributed by atoms with Crippen molar-refractivity contribution in [2.45, 2.75) is 0 Å². The highest BCUT2D eigenvalue weighted by Crippen LogP contribution is 2.31. The quantitative estimate of drug-likeness (QED) is 0.696. The monoisotopic (exact) mass is 249 g/mol. The third-order valence-corrected chi connectivity index (χ3v) is 3.10. The summed E-state index contributed by atoms with van der Waals surface area (Å²) in [6, 6.07) is 5.37. The first-order valence-electron chi connectivity index (χ1n) is 4.95. The molecule has 5 nitrogen and oxygen atoms in total. The molecule has 0 aliphatic rings.